The Labute approximate surface area is 103 Å². The fourth-order valence-corrected chi connectivity index (χ4v) is 2.50. The van der Waals surface area contributed by atoms with Gasteiger partial charge in [0.1, 0.15) is 5.82 Å². The number of aromatic amines is 1. The van der Waals surface area contributed by atoms with Gasteiger partial charge in [0.25, 0.3) is 0 Å². The number of nitrogens with two attached hydrogens (primary N) is 1. The molecule has 1 saturated heterocycles. The highest BCUT2D eigenvalue weighted by Gasteiger charge is 2.18. The van der Waals surface area contributed by atoms with Gasteiger partial charge in [0.15, 0.2) is 0 Å². The Kier molecular flexibility index (Phi) is 4.02. The summed E-state index contributed by atoms with van der Waals surface area (Å²) in [4.78, 5) is 4.76. The molecule has 0 amide bonds. The highest BCUT2D eigenvalue weighted by atomic mass is 15.2. The predicted molar refractivity (Wildman–Crippen MR) is 69.6 cm³/mol. The zero-order valence-corrected chi connectivity index (χ0v) is 10.8. The molecule has 0 unspecified atom stereocenters. The van der Waals surface area contributed by atoms with E-state index in [1.54, 1.807) is 0 Å². The third-order valence-electron chi connectivity index (χ3n) is 3.50. The Morgan fingerprint density at radius 1 is 1.53 bits per heavy atom. The van der Waals surface area contributed by atoms with Crippen LogP contribution in [0.25, 0.3) is 0 Å². The Hall–Kier alpha value is -1.07. The van der Waals surface area contributed by atoms with Crippen molar-refractivity contribution in [2.45, 2.75) is 19.4 Å². The van der Waals surface area contributed by atoms with Crippen molar-refractivity contribution in [3.63, 3.8) is 0 Å². The van der Waals surface area contributed by atoms with Gasteiger partial charge in [-0.3, -0.25) is 5.10 Å². The average molecular weight is 237 g/mol. The Bertz CT molecular complexity index is 340. The van der Waals surface area contributed by atoms with Crippen LogP contribution in [0.15, 0.2) is 6.07 Å². The largest absolute Gasteiger partial charge is 0.382 e. The lowest BCUT2D eigenvalue weighted by Gasteiger charge is -2.31. The number of nitrogens with one attached hydrogen (secondary N) is 1. The van der Waals surface area contributed by atoms with Crippen molar-refractivity contribution < 1.29 is 0 Å². The van der Waals surface area contributed by atoms with Crippen molar-refractivity contribution in [1.29, 1.82) is 0 Å². The van der Waals surface area contributed by atoms with Crippen LogP contribution in [0.4, 0.5) is 5.82 Å². The summed E-state index contributed by atoms with van der Waals surface area (Å²) >= 11 is 0. The highest BCUT2D eigenvalue weighted by molar-refractivity contribution is 5.28. The maximum absolute atomic E-state index is 5.59. The van der Waals surface area contributed by atoms with Crippen molar-refractivity contribution >= 4 is 5.82 Å². The van der Waals surface area contributed by atoms with E-state index in [4.69, 9.17) is 5.73 Å². The summed E-state index contributed by atoms with van der Waals surface area (Å²) in [6.45, 7) is 4.52. The summed E-state index contributed by atoms with van der Waals surface area (Å²) < 4.78 is 0. The minimum atomic E-state index is 0.577. The van der Waals surface area contributed by atoms with Gasteiger partial charge in [-0.25, -0.2) is 0 Å². The highest BCUT2D eigenvalue weighted by Crippen LogP contribution is 2.17. The number of nitrogens with zero attached hydrogens (tertiary/aromatic N) is 3. The van der Waals surface area contributed by atoms with E-state index in [1.807, 2.05) is 6.07 Å². The summed E-state index contributed by atoms with van der Waals surface area (Å²) in [6, 6.07) is 1.91. The van der Waals surface area contributed by atoms with Crippen molar-refractivity contribution in [1.82, 2.24) is 20.0 Å². The lowest BCUT2D eigenvalue weighted by Crippen LogP contribution is -2.35. The van der Waals surface area contributed by atoms with E-state index in [2.05, 4.69) is 34.1 Å². The molecule has 0 radical (unpaired) electrons. The van der Waals surface area contributed by atoms with E-state index in [1.165, 1.54) is 25.9 Å². The average Bonchev–Trinajstić information content (AvgIpc) is 2.67. The number of rotatable bonds is 4. The zero-order chi connectivity index (χ0) is 12.3. The predicted octanol–water partition coefficient (Wildman–Crippen LogP) is 0.766. The molecule has 0 aromatic carbocycles. The Morgan fingerprint density at radius 3 is 2.82 bits per heavy atom. The molecule has 96 valence electrons. The second-order valence-corrected chi connectivity index (χ2v) is 5.26. The molecule has 1 aliphatic heterocycles. The van der Waals surface area contributed by atoms with Gasteiger partial charge in [-0.2, -0.15) is 5.10 Å². The molecule has 1 aromatic rings. The standard InChI is InChI=1S/C12H23N5/c1-16-5-3-10(4-6-16)8-17(2)9-11-7-12(13)15-14-11/h7,10H,3-6,8-9H2,1-2H3,(H3,13,14,15). The number of piperidine rings is 1. The van der Waals surface area contributed by atoms with Gasteiger partial charge < -0.3 is 15.5 Å². The van der Waals surface area contributed by atoms with Crippen LogP contribution in [-0.4, -0.2) is 53.7 Å². The van der Waals surface area contributed by atoms with Gasteiger partial charge in [-0.1, -0.05) is 0 Å². The Morgan fingerprint density at radius 2 is 2.24 bits per heavy atom. The number of H-pyrrole nitrogens is 1. The van der Waals surface area contributed by atoms with E-state index in [0.29, 0.717) is 5.82 Å². The molecule has 2 heterocycles. The number of hydrogen-bond acceptors (Lipinski definition) is 4. The van der Waals surface area contributed by atoms with Crippen molar-refractivity contribution in [3.05, 3.63) is 11.8 Å². The summed E-state index contributed by atoms with van der Waals surface area (Å²) in [5.41, 5.74) is 6.68. The van der Waals surface area contributed by atoms with E-state index in [0.717, 1.165) is 24.7 Å². The van der Waals surface area contributed by atoms with Gasteiger partial charge in [-0.15, -0.1) is 0 Å². The molecule has 1 aliphatic rings. The van der Waals surface area contributed by atoms with Gasteiger partial charge in [0.05, 0.1) is 5.69 Å². The lowest BCUT2D eigenvalue weighted by atomic mass is 9.97. The molecule has 2 rings (SSSR count). The van der Waals surface area contributed by atoms with Crippen LogP contribution in [0.3, 0.4) is 0 Å². The Balaban J connectivity index is 1.75. The van der Waals surface area contributed by atoms with Crippen LogP contribution in [0.1, 0.15) is 18.5 Å². The fourth-order valence-electron chi connectivity index (χ4n) is 2.50. The van der Waals surface area contributed by atoms with Gasteiger partial charge in [0, 0.05) is 19.2 Å². The molecular weight excluding hydrogens is 214 g/mol. The minimum absolute atomic E-state index is 0.577. The van der Waals surface area contributed by atoms with Crippen LogP contribution in [-0.2, 0) is 6.54 Å². The van der Waals surface area contributed by atoms with Gasteiger partial charge in [-0.05, 0) is 45.9 Å². The molecule has 5 heteroatoms. The topological polar surface area (TPSA) is 61.2 Å². The third kappa shape index (κ3) is 3.71. The van der Waals surface area contributed by atoms with Gasteiger partial charge >= 0.3 is 0 Å². The number of likely N-dealkylation sites (tertiary alicyclic amines) is 1. The molecule has 0 atom stereocenters. The van der Waals surface area contributed by atoms with E-state index in [-0.39, 0.29) is 0 Å². The van der Waals surface area contributed by atoms with E-state index < -0.39 is 0 Å². The first kappa shape index (κ1) is 12.4. The quantitative estimate of drug-likeness (QED) is 0.812. The first-order chi connectivity index (χ1) is 8.13. The molecule has 1 fully saturated rings. The molecule has 0 spiro atoms. The number of anilines is 1. The first-order valence-electron chi connectivity index (χ1n) is 6.30. The number of aromatic nitrogens is 2. The SMILES string of the molecule is CN1CCC(CN(C)Cc2cc(N)n[nH]2)CC1. The summed E-state index contributed by atoms with van der Waals surface area (Å²) in [6.07, 6.45) is 2.62. The zero-order valence-electron chi connectivity index (χ0n) is 10.8. The molecule has 0 bridgehead atoms. The molecule has 3 N–H and O–H groups in total. The molecule has 17 heavy (non-hydrogen) atoms. The van der Waals surface area contributed by atoms with Crippen LogP contribution in [0.5, 0.6) is 0 Å². The van der Waals surface area contributed by atoms with Crippen LogP contribution in [0, 0.1) is 5.92 Å². The minimum Gasteiger partial charge on any atom is -0.382 e. The molecule has 5 nitrogen and oxygen atoms in total. The van der Waals surface area contributed by atoms with Crippen molar-refractivity contribution in [2.75, 3.05) is 39.5 Å². The molecular formula is C12H23N5. The smallest absolute Gasteiger partial charge is 0.145 e. The van der Waals surface area contributed by atoms with Gasteiger partial charge in [0.2, 0.25) is 0 Å². The van der Waals surface area contributed by atoms with E-state index >= 15 is 0 Å². The van der Waals surface area contributed by atoms with E-state index in [9.17, 15) is 0 Å². The summed E-state index contributed by atoms with van der Waals surface area (Å²) in [5.74, 6) is 1.41. The van der Waals surface area contributed by atoms with Crippen LogP contribution >= 0.6 is 0 Å². The fraction of sp³-hybridized carbons (Fsp3) is 0.750. The second-order valence-electron chi connectivity index (χ2n) is 5.26. The monoisotopic (exact) mass is 237 g/mol. The molecule has 1 aromatic heterocycles. The maximum atomic E-state index is 5.59. The third-order valence-corrected chi connectivity index (χ3v) is 3.50. The molecule has 0 saturated carbocycles. The van der Waals surface area contributed by atoms with Crippen molar-refractivity contribution in [2.24, 2.45) is 5.92 Å². The lowest BCUT2D eigenvalue weighted by molar-refractivity contribution is 0.172. The number of hydrogen-bond donors (Lipinski definition) is 2. The normalized spacial score (nSPS) is 19.0. The molecule has 0 aliphatic carbocycles. The maximum Gasteiger partial charge on any atom is 0.145 e. The summed E-state index contributed by atoms with van der Waals surface area (Å²) in [5, 5.41) is 6.90. The summed E-state index contributed by atoms with van der Waals surface area (Å²) in [7, 11) is 4.36. The van der Waals surface area contributed by atoms with Crippen LogP contribution in [0.2, 0.25) is 0 Å². The van der Waals surface area contributed by atoms with Crippen molar-refractivity contribution in [3.8, 4) is 0 Å². The first-order valence-corrected chi connectivity index (χ1v) is 6.30. The second kappa shape index (κ2) is 5.51. The van der Waals surface area contributed by atoms with Crippen LogP contribution < -0.4 is 5.73 Å². The number of nitrogen functional groups attached to an aromatic ring is 1.